The molecule has 140 valence electrons. The van der Waals surface area contributed by atoms with Crippen LogP contribution in [0.4, 0.5) is 15.9 Å². The van der Waals surface area contributed by atoms with E-state index in [1.54, 1.807) is 31.2 Å². The van der Waals surface area contributed by atoms with Gasteiger partial charge in [-0.2, -0.15) is 0 Å². The molecule has 27 heavy (non-hydrogen) atoms. The Balaban J connectivity index is 2.18. The number of carbonyl (C=O) groups is 1. The molecule has 2 rings (SSSR count). The summed E-state index contributed by atoms with van der Waals surface area (Å²) in [6.07, 6.45) is 4.81. The Bertz CT molecular complexity index is 892. The SMILES string of the molecule is CC(=O)OC/C(C)=C/C=C/Nc1nc(-c2ccc(F)cc2)ccc1[N+](=O)[O-]. The van der Waals surface area contributed by atoms with Crippen LogP contribution in [0.25, 0.3) is 11.3 Å². The fourth-order valence-electron chi connectivity index (χ4n) is 2.09. The first-order valence-corrected chi connectivity index (χ1v) is 8.00. The molecule has 0 saturated heterocycles. The Kier molecular flexibility index (Phi) is 6.76. The van der Waals surface area contributed by atoms with Crippen LogP contribution in [-0.4, -0.2) is 22.5 Å². The van der Waals surface area contributed by atoms with Gasteiger partial charge >= 0.3 is 11.7 Å². The Morgan fingerprint density at radius 3 is 2.59 bits per heavy atom. The van der Waals surface area contributed by atoms with Gasteiger partial charge in [-0.1, -0.05) is 6.08 Å². The molecule has 0 aliphatic rings. The third kappa shape index (κ3) is 6.03. The predicted molar refractivity (Wildman–Crippen MR) is 99.4 cm³/mol. The normalized spacial score (nSPS) is 11.4. The number of nitro groups is 1. The van der Waals surface area contributed by atoms with E-state index in [-0.39, 0.29) is 29.9 Å². The highest BCUT2D eigenvalue weighted by atomic mass is 19.1. The molecule has 0 aliphatic carbocycles. The van der Waals surface area contributed by atoms with Crippen molar-refractivity contribution in [1.82, 2.24) is 4.98 Å². The number of esters is 1. The smallest absolute Gasteiger partial charge is 0.311 e. The molecule has 2 aromatic rings. The van der Waals surface area contributed by atoms with E-state index in [0.29, 0.717) is 11.3 Å². The van der Waals surface area contributed by atoms with E-state index >= 15 is 0 Å². The van der Waals surface area contributed by atoms with Gasteiger partial charge in [-0.25, -0.2) is 9.37 Å². The van der Waals surface area contributed by atoms with Crippen LogP contribution in [0.3, 0.4) is 0 Å². The summed E-state index contributed by atoms with van der Waals surface area (Å²) in [6, 6.07) is 8.52. The molecule has 0 unspecified atom stereocenters. The van der Waals surface area contributed by atoms with Crippen molar-refractivity contribution in [3.05, 3.63) is 76.3 Å². The van der Waals surface area contributed by atoms with Crippen molar-refractivity contribution in [3.8, 4) is 11.3 Å². The topological polar surface area (TPSA) is 94.4 Å². The average Bonchev–Trinajstić information content (AvgIpc) is 2.64. The number of hydrogen-bond acceptors (Lipinski definition) is 6. The highest BCUT2D eigenvalue weighted by molar-refractivity contribution is 5.67. The van der Waals surface area contributed by atoms with Gasteiger partial charge in [0.1, 0.15) is 12.4 Å². The highest BCUT2D eigenvalue weighted by Gasteiger charge is 2.15. The zero-order valence-electron chi connectivity index (χ0n) is 14.8. The van der Waals surface area contributed by atoms with E-state index in [2.05, 4.69) is 10.3 Å². The van der Waals surface area contributed by atoms with Crippen molar-refractivity contribution in [2.24, 2.45) is 0 Å². The lowest BCUT2D eigenvalue weighted by Crippen LogP contribution is -2.01. The van der Waals surface area contributed by atoms with Gasteiger partial charge in [0.15, 0.2) is 0 Å². The summed E-state index contributed by atoms with van der Waals surface area (Å²) >= 11 is 0. The number of rotatable bonds is 7. The zero-order valence-corrected chi connectivity index (χ0v) is 14.8. The van der Waals surface area contributed by atoms with Gasteiger partial charge in [0, 0.05) is 24.8 Å². The number of allylic oxidation sites excluding steroid dienone is 2. The van der Waals surface area contributed by atoms with Crippen LogP contribution >= 0.6 is 0 Å². The van der Waals surface area contributed by atoms with E-state index in [4.69, 9.17) is 4.74 Å². The van der Waals surface area contributed by atoms with Crippen LogP contribution in [0.15, 0.2) is 60.3 Å². The number of hydrogen-bond donors (Lipinski definition) is 1. The van der Waals surface area contributed by atoms with E-state index in [1.807, 2.05) is 0 Å². The number of aromatic nitrogens is 1. The number of nitrogens with one attached hydrogen (secondary N) is 1. The molecule has 0 amide bonds. The molecular weight excluding hydrogens is 353 g/mol. The minimum atomic E-state index is -0.542. The molecule has 0 atom stereocenters. The third-order valence-electron chi connectivity index (χ3n) is 3.41. The van der Waals surface area contributed by atoms with Crippen molar-refractivity contribution in [2.75, 3.05) is 11.9 Å². The van der Waals surface area contributed by atoms with Crippen molar-refractivity contribution in [2.45, 2.75) is 13.8 Å². The summed E-state index contributed by atoms with van der Waals surface area (Å²) in [4.78, 5) is 25.7. The Hall–Kier alpha value is -3.55. The second-order valence-electron chi connectivity index (χ2n) is 5.62. The Morgan fingerprint density at radius 2 is 1.96 bits per heavy atom. The monoisotopic (exact) mass is 371 g/mol. The summed E-state index contributed by atoms with van der Waals surface area (Å²) in [5, 5.41) is 14.0. The van der Waals surface area contributed by atoms with E-state index in [0.717, 1.165) is 5.57 Å². The minimum Gasteiger partial charge on any atom is -0.461 e. The van der Waals surface area contributed by atoms with Crippen molar-refractivity contribution in [3.63, 3.8) is 0 Å². The molecule has 0 bridgehead atoms. The minimum absolute atomic E-state index is 0.0594. The van der Waals surface area contributed by atoms with E-state index in [1.165, 1.54) is 37.4 Å². The van der Waals surface area contributed by atoms with Gasteiger partial charge in [-0.3, -0.25) is 14.9 Å². The summed E-state index contributed by atoms with van der Waals surface area (Å²) in [6.45, 7) is 3.27. The van der Waals surface area contributed by atoms with Crippen molar-refractivity contribution < 1.29 is 18.8 Å². The van der Waals surface area contributed by atoms with Crippen molar-refractivity contribution in [1.29, 1.82) is 0 Å². The van der Waals surface area contributed by atoms with Gasteiger partial charge in [0.05, 0.1) is 10.6 Å². The fraction of sp³-hybridized carbons (Fsp3) is 0.158. The standard InChI is InChI=1S/C19H18FN3O4/c1-13(12-27-14(2)24)4-3-11-21-19-18(23(25)26)10-9-17(22-19)15-5-7-16(20)8-6-15/h3-11H,12H2,1-2H3,(H,21,22)/b11-3+,13-4+. The maximum absolute atomic E-state index is 13.1. The van der Waals surface area contributed by atoms with Crippen LogP contribution in [0, 0.1) is 15.9 Å². The predicted octanol–water partition coefficient (Wildman–Crippen LogP) is 4.23. The van der Waals surface area contributed by atoms with Crippen LogP contribution in [0.1, 0.15) is 13.8 Å². The number of benzene rings is 1. The fourth-order valence-corrected chi connectivity index (χ4v) is 2.09. The number of ether oxygens (including phenoxy) is 1. The van der Waals surface area contributed by atoms with Crippen LogP contribution < -0.4 is 5.32 Å². The molecule has 1 N–H and O–H groups in total. The molecule has 0 saturated carbocycles. The molecule has 0 radical (unpaired) electrons. The maximum Gasteiger partial charge on any atom is 0.311 e. The first kappa shape index (κ1) is 19.8. The second-order valence-corrected chi connectivity index (χ2v) is 5.62. The van der Waals surface area contributed by atoms with E-state index < -0.39 is 4.92 Å². The molecule has 1 heterocycles. The summed E-state index contributed by atoms with van der Waals surface area (Å²) in [5.41, 5.74) is 1.71. The highest BCUT2D eigenvalue weighted by Crippen LogP contribution is 2.27. The molecule has 8 heteroatoms. The first-order chi connectivity index (χ1) is 12.9. The lowest BCUT2D eigenvalue weighted by molar-refractivity contribution is -0.384. The van der Waals surface area contributed by atoms with Gasteiger partial charge in [-0.05, 0) is 48.9 Å². The molecule has 1 aromatic heterocycles. The summed E-state index contributed by atoms with van der Waals surface area (Å²) in [5.74, 6) is -0.691. The zero-order chi connectivity index (χ0) is 19.8. The number of carbonyl (C=O) groups excluding carboxylic acids is 1. The van der Waals surface area contributed by atoms with Crippen LogP contribution in [0.5, 0.6) is 0 Å². The maximum atomic E-state index is 13.1. The third-order valence-corrected chi connectivity index (χ3v) is 3.41. The quantitative estimate of drug-likeness (QED) is 0.339. The lowest BCUT2D eigenvalue weighted by atomic mass is 10.1. The van der Waals surface area contributed by atoms with Gasteiger partial charge in [0.2, 0.25) is 5.82 Å². The van der Waals surface area contributed by atoms with Gasteiger partial charge in [0.25, 0.3) is 0 Å². The second kappa shape index (κ2) is 9.23. The number of nitrogens with zero attached hydrogens (tertiary/aromatic N) is 2. The van der Waals surface area contributed by atoms with E-state index in [9.17, 15) is 19.3 Å². The number of pyridine rings is 1. The van der Waals surface area contributed by atoms with Crippen LogP contribution in [-0.2, 0) is 9.53 Å². The Morgan fingerprint density at radius 1 is 1.26 bits per heavy atom. The molecular formula is C19H18FN3O4. The average molecular weight is 371 g/mol. The summed E-state index contributed by atoms with van der Waals surface area (Å²) < 4.78 is 17.9. The number of anilines is 1. The largest absolute Gasteiger partial charge is 0.461 e. The number of halogens is 1. The molecule has 1 aromatic carbocycles. The summed E-state index contributed by atoms with van der Waals surface area (Å²) in [7, 11) is 0. The molecule has 0 aliphatic heterocycles. The first-order valence-electron chi connectivity index (χ1n) is 8.00. The molecule has 0 spiro atoms. The van der Waals surface area contributed by atoms with Gasteiger partial charge < -0.3 is 10.1 Å². The molecule has 7 nitrogen and oxygen atoms in total. The van der Waals surface area contributed by atoms with Crippen molar-refractivity contribution >= 4 is 17.5 Å². The van der Waals surface area contributed by atoms with Gasteiger partial charge in [-0.15, -0.1) is 0 Å². The molecule has 0 fully saturated rings. The lowest BCUT2D eigenvalue weighted by Gasteiger charge is -2.06. The van der Waals surface area contributed by atoms with Crippen LogP contribution in [0.2, 0.25) is 0 Å². The Labute approximate surface area is 155 Å².